The highest BCUT2D eigenvalue weighted by molar-refractivity contribution is 7.47. The van der Waals surface area contributed by atoms with Crippen molar-refractivity contribution in [2.24, 2.45) is 0 Å². The molecular weight excluding hydrogens is 861 g/mol. The maximum absolute atomic E-state index is 14.3. The number of H-pyrrole nitrogens is 1. The number of rotatable bonds is 6. The minimum Gasteiger partial charge on any atom is -0.408 e. The number of nitrogens with two attached hydrogens (primary N) is 2. The Bertz CT molecular complexity index is 2400. The molecule has 10 atom stereocenters. The van der Waals surface area contributed by atoms with Crippen LogP contribution in [0.25, 0.3) is 22.2 Å². The van der Waals surface area contributed by atoms with E-state index >= 15 is 0 Å². The van der Waals surface area contributed by atoms with Crippen molar-refractivity contribution in [2.45, 2.75) is 133 Å². The van der Waals surface area contributed by atoms with E-state index in [0.717, 1.165) is 0 Å². The number of imidazole rings is 2. The first-order valence-electron chi connectivity index (χ1n) is 19.5. The molecule has 0 aromatic carbocycles. The van der Waals surface area contributed by atoms with Crippen LogP contribution in [0.3, 0.4) is 0 Å². The fourth-order valence-corrected chi connectivity index (χ4v) is 11.4. The molecule has 3 saturated heterocycles. The van der Waals surface area contributed by atoms with Gasteiger partial charge in [-0.05, 0) is 42.3 Å². The molecule has 7 N–H and O–H groups in total. The lowest BCUT2D eigenvalue weighted by atomic mass is 10.1. The van der Waals surface area contributed by atoms with Crippen LogP contribution < -0.4 is 17.0 Å². The van der Waals surface area contributed by atoms with Gasteiger partial charge < -0.3 is 44.1 Å². The number of nitrogens with one attached hydrogen (secondary N) is 1. The molecule has 0 saturated carbocycles. The largest absolute Gasteiger partial charge is 0.472 e. The summed E-state index contributed by atoms with van der Waals surface area (Å²) in [5, 5.41) is -0.699. The third-order valence-corrected chi connectivity index (χ3v) is 23.1. The Hall–Kier alpha value is -2.94. The zero-order valence-corrected chi connectivity index (χ0v) is 39.0. The quantitative estimate of drug-likeness (QED) is 0.129. The predicted molar refractivity (Wildman–Crippen MR) is 222 cm³/mol. The van der Waals surface area contributed by atoms with E-state index in [0.29, 0.717) is 11.0 Å². The summed E-state index contributed by atoms with van der Waals surface area (Å²) in [5.41, 5.74) is 12.2. The normalized spacial score (nSPS) is 32.7. The van der Waals surface area contributed by atoms with E-state index < -0.39 is 100 Å². The molecule has 7 rings (SSSR count). The summed E-state index contributed by atoms with van der Waals surface area (Å²) in [6.07, 6.45) is -5.51. The van der Waals surface area contributed by atoms with Crippen LogP contribution in [0.1, 0.15) is 60.4 Å². The van der Waals surface area contributed by atoms with Gasteiger partial charge >= 0.3 is 15.6 Å². The number of aromatic amines is 1. The molecule has 3 aliphatic heterocycles. The number of pyridine rings is 1. The molecule has 4 aromatic heterocycles. The minimum absolute atomic E-state index is 0.00303. The molecule has 4 aromatic rings. The Labute approximate surface area is 348 Å². The number of aromatic nitrogens is 7. The van der Waals surface area contributed by atoms with E-state index in [1.54, 1.807) is 10.6 Å². The first-order valence-corrected chi connectivity index (χ1v) is 28.3. The topological polar surface area (TPSA) is 295 Å². The van der Waals surface area contributed by atoms with Gasteiger partial charge in [0.1, 0.15) is 36.0 Å². The minimum atomic E-state index is -5.13. The third kappa shape index (κ3) is 8.69. The lowest BCUT2D eigenvalue weighted by Crippen LogP contribution is -2.50. The van der Waals surface area contributed by atoms with Crippen LogP contribution >= 0.6 is 15.6 Å². The van der Waals surface area contributed by atoms with E-state index in [9.17, 15) is 23.7 Å². The monoisotopic (exact) mass is 915 g/mol. The lowest BCUT2D eigenvalue weighted by Gasteiger charge is -2.41. The summed E-state index contributed by atoms with van der Waals surface area (Å²) < 4.78 is 81.5. The van der Waals surface area contributed by atoms with Crippen molar-refractivity contribution >= 4 is 66.2 Å². The van der Waals surface area contributed by atoms with Gasteiger partial charge in [-0.25, -0.2) is 24.1 Å². The maximum Gasteiger partial charge on any atom is 0.472 e. The number of nitrogens with zero attached hydrogens (tertiary/aromatic N) is 6. The van der Waals surface area contributed by atoms with Crippen LogP contribution in [0.15, 0.2) is 29.7 Å². The summed E-state index contributed by atoms with van der Waals surface area (Å²) >= 11 is 0. The fraction of sp³-hybridized carbons (Fsp3) is 0.676. The molecule has 3 aliphatic rings. The van der Waals surface area contributed by atoms with Gasteiger partial charge in [0.25, 0.3) is 5.56 Å². The second-order valence-corrected chi connectivity index (χ2v) is 30.6. The van der Waals surface area contributed by atoms with Crippen LogP contribution in [-0.4, -0.2) is 110 Å². The average molecular weight is 916 g/mol. The highest BCUT2D eigenvalue weighted by Crippen LogP contribution is 2.55. The Morgan fingerprint density at radius 3 is 2.07 bits per heavy atom. The summed E-state index contributed by atoms with van der Waals surface area (Å²) in [6.45, 7) is 19.0. The highest BCUT2D eigenvalue weighted by Gasteiger charge is 2.57. The van der Waals surface area contributed by atoms with E-state index in [1.165, 1.54) is 23.4 Å². The van der Waals surface area contributed by atoms with Crippen LogP contribution in [0, 0.1) is 0 Å². The van der Waals surface area contributed by atoms with Crippen molar-refractivity contribution in [3.63, 3.8) is 0 Å². The van der Waals surface area contributed by atoms with Crippen LogP contribution in [0.2, 0.25) is 36.3 Å². The zero-order valence-electron chi connectivity index (χ0n) is 35.2. The molecule has 22 nitrogen and oxygen atoms in total. The first-order chi connectivity index (χ1) is 27.7. The number of fused-ring (bicyclic) bond motifs is 5. The number of nitrogen functional groups attached to an aromatic ring is 2. The average Bonchev–Trinajstić information content (AvgIpc) is 3.88. The molecule has 7 heterocycles. The highest BCUT2D eigenvalue weighted by atomic mass is 31.2. The van der Waals surface area contributed by atoms with Gasteiger partial charge in [-0.1, -0.05) is 41.5 Å². The molecule has 0 spiro atoms. The van der Waals surface area contributed by atoms with Crippen molar-refractivity contribution in [1.29, 1.82) is 0 Å². The van der Waals surface area contributed by atoms with Gasteiger partial charge in [-0.15, -0.1) is 0 Å². The molecule has 0 amide bonds. The number of anilines is 2. The summed E-state index contributed by atoms with van der Waals surface area (Å²) in [4.78, 5) is 55.2. The predicted octanol–water partition coefficient (Wildman–Crippen LogP) is 4.71. The van der Waals surface area contributed by atoms with Crippen molar-refractivity contribution in [1.82, 2.24) is 34.1 Å². The Morgan fingerprint density at radius 2 is 1.40 bits per heavy atom. The molecule has 0 aliphatic carbocycles. The van der Waals surface area contributed by atoms with Crippen LogP contribution in [-0.2, 0) is 45.6 Å². The Morgan fingerprint density at radius 1 is 0.817 bits per heavy atom. The summed E-state index contributed by atoms with van der Waals surface area (Å²) in [5.74, 6) is -0.0424. The molecular formula is C34H55N9O13P2Si2. The second-order valence-electron chi connectivity index (χ2n) is 18.3. The van der Waals surface area contributed by atoms with Crippen molar-refractivity contribution < 1.29 is 55.3 Å². The van der Waals surface area contributed by atoms with Gasteiger partial charge in [0, 0.05) is 12.6 Å². The number of phosphoric acid groups is 2. The smallest absolute Gasteiger partial charge is 0.408 e. The van der Waals surface area contributed by atoms with Gasteiger partial charge in [0.15, 0.2) is 46.1 Å². The first kappa shape index (κ1) is 45.1. The third-order valence-electron chi connectivity index (χ3n) is 12.1. The SMILES string of the molecule is CC(C)(C)[Si](C)(C)OC1[C@H]2OP(=O)(O)OC[C@H]3O[C@@H](n4cnc5c(N)nccc54)C(O[Si](C)(C)C(C)(C)C)[C@@H]3OP(=O)(O)OCC[C@H]1O[C@H]2n1cnc2c(=O)[nH]c(N)nc21. The number of phosphoric ester groups is 2. The zero-order chi connectivity index (χ0) is 44.0. The van der Waals surface area contributed by atoms with Crippen LogP contribution in [0.4, 0.5) is 11.8 Å². The molecule has 2 bridgehead atoms. The van der Waals surface area contributed by atoms with E-state index in [4.69, 9.17) is 47.9 Å². The molecule has 4 unspecified atom stereocenters. The Balaban J connectivity index is 1.30. The number of hydrogen-bond donors (Lipinski definition) is 5. The summed E-state index contributed by atoms with van der Waals surface area (Å²) in [6, 6.07) is 1.68. The van der Waals surface area contributed by atoms with Gasteiger partial charge in [-0.3, -0.25) is 32.4 Å². The van der Waals surface area contributed by atoms with Crippen LogP contribution in [0.5, 0.6) is 0 Å². The molecule has 3 fully saturated rings. The standard InChI is InChI=1S/C34H55N9O13P2Si2/c1-33(2,3)59(7,8)55-24-19-12-14-49-57(45,46)53-23-20(15-50-58(47,48)54-25(24)30(51-19)43-17-39-22-28(43)40-32(36)41-29(22)44)52-31(26(23)56-60(9,10)34(4,5)6)42-16-38-21-18(42)11-13-37-27(21)35/h11,13,16-17,19-20,23-26,30-31H,12,14-15H2,1-10H3,(H2,35,37)(H,45,46)(H,47,48)(H3,36,40,41,44)/t19-,20-,23-,24?,25-,26?,30-,31-/m1/s1. The van der Waals surface area contributed by atoms with E-state index in [-0.39, 0.29) is 39.4 Å². The molecule has 60 heavy (non-hydrogen) atoms. The van der Waals surface area contributed by atoms with Gasteiger partial charge in [-0.2, -0.15) is 4.98 Å². The van der Waals surface area contributed by atoms with Crippen molar-refractivity contribution in [3.05, 3.63) is 35.3 Å². The molecule has 26 heteroatoms. The molecule has 332 valence electrons. The fourth-order valence-electron chi connectivity index (χ4n) is 6.91. The summed E-state index contributed by atoms with van der Waals surface area (Å²) in [7, 11) is -15.6. The van der Waals surface area contributed by atoms with E-state index in [1.807, 2.05) is 67.7 Å². The van der Waals surface area contributed by atoms with Gasteiger partial charge in [0.2, 0.25) is 5.95 Å². The van der Waals surface area contributed by atoms with Gasteiger partial charge in [0.05, 0.1) is 37.5 Å². The number of ether oxygens (including phenoxy) is 2. The maximum atomic E-state index is 14.3. The number of hydrogen-bond acceptors (Lipinski definition) is 17. The second kappa shape index (κ2) is 15.7. The van der Waals surface area contributed by atoms with Crippen molar-refractivity contribution in [3.8, 4) is 0 Å². The van der Waals surface area contributed by atoms with E-state index in [2.05, 4.69) is 24.9 Å². The Kier molecular flexibility index (Phi) is 11.8. The van der Waals surface area contributed by atoms with Crippen molar-refractivity contribution in [2.75, 3.05) is 24.7 Å². The molecule has 0 radical (unpaired) electrons. The lowest BCUT2D eigenvalue weighted by molar-refractivity contribution is -0.0577.